The number of carbonyl (C=O) groups excluding carboxylic acids is 2. The van der Waals surface area contributed by atoms with Crippen molar-refractivity contribution in [3.05, 3.63) is 131 Å². The summed E-state index contributed by atoms with van der Waals surface area (Å²) in [5.74, 6) is -1.57. The third-order valence-corrected chi connectivity index (χ3v) is 9.80. The van der Waals surface area contributed by atoms with Crippen LogP contribution in [0.25, 0.3) is 0 Å². The van der Waals surface area contributed by atoms with Crippen molar-refractivity contribution in [1.82, 2.24) is 10.2 Å². The zero-order valence-electron chi connectivity index (χ0n) is 26.1. The van der Waals surface area contributed by atoms with Crippen molar-refractivity contribution in [2.24, 2.45) is 0 Å². The Labute approximate surface area is 265 Å². The van der Waals surface area contributed by atoms with Gasteiger partial charge in [0.05, 0.1) is 10.6 Å². The number of hydrogen-bond acceptors (Lipinski definition) is 4. The molecular formula is C36H40FN3O4S. The van der Waals surface area contributed by atoms with Crippen LogP contribution in [-0.2, 0) is 32.6 Å². The third kappa shape index (κ3) is 8.16. The molecular weight excluding hydrogens is 589 g/mol. The fraction of sp³-hybridized carbons (Fsp3) is 0.278. The summed E-state index contributed by atoms with van der Waals surface area (Å²) in [6, 6.07) is 27.3. The lowest BCUT2D eigenvalue weighted by atomic mass is 10.0. The van der Waals surface area contributed by atoms with Crippen molar-refractivity contribution in [3.8, 4) is 0 Å². The van der Waals surface area contributed by atoms with E-state index in [0.29, 0.717) is 17.7 Å². The molecule has 0 aliphatic heterocycles. The number of anilines is 1. The van der Waals surface area contributed by atoms with Gasteiger partial charge in [-0.15, -0.1) is 0 Å². The average Bonchev–Trinajstić information content (AvgIpc) is 3.04. The van der Waals surface area contributed by atoms with Crippen LogP contribution in [0.3, 0.4) is 0 Å². The van der Waals surface area contributed by atoms with Crippen molar-refractivity contribution in [2.45, 2.75) is 64.1 Å². The highest BCUT2D eigenvalue weighted by molar-refractivity contribution is 7.92. The lowest BCUT2D eigenvalue weighted by Crippen LogP contribution is -2.54. The maximum atomic E-state index is 15.1. The van der Waals surface area contributed by atoms with Crippen LogP contribution in [0.5, 0.6) is 0 Å². The number of carbonyl (C=O) groups is 2. The van der Waals surface area contributed by atoms with E-state index in [-0.39, 0.29) is 29.5 Å². The van der Waals surface area contributed by atoms with E-state index in [1.807, 2.05) is 57.2 Å². The zero-order valence-corrected chi connectivity index (χ0v) is 26.9. The molecule has 0 fully saturated rings. The van der Waals surface area contributed by atoms with Crippen molar-refractivity contribution in [1.29, 1.82) is 0 Å². The van der Waals surface area contributed by atoms with Crippen LogP contribution in [0, 0.1) is 19.7 Å². The molecule has 4 aromatic rings. The Morgan fingerprint density at radius 2 is 1.47 bits per heavy atom. The van der Waals surface area contributed by atoms with Crippen molar-refractivity contribution in [2.75, 3.05) is 10.8 Å². The van der Waals surface area contributed by atoms with Crippen molar-refractivity contribution < 1.29 is 22.4 Å². The van der Waals surface area contributed by atoms with Gasteiger partial charge >= 0.3 is 0 Å². The molecule has 0 spiro atoms. The second-order valence-electron chi connectivity index (χ2n) is 11.2. The summed E-state index contributed by atoms with van der Waals surface area (Å²) in [5.41, 5.74) is 2.91. The van der Waals surface area contributed by atoms with Crippen LogP contribution in [0.4, 0.5) is 10.1 Å². The molecule has 0 saturated carbocycles. The second-order valence-corrected chi connectivity index (χ2v) is 13.0. The summed E-state index contributed by atoms with van der Waals surface area (Å²) in [6.07, 6.45) is 0.818. The fourth-order valence-corrected chi connectivity index (χ4v) is 6.54. The van der Waals surface area contributed by atoms with Gasteiger partial charge in [0.2, 0.25) is 11.8 Å². The Balaban J connectivity index is 1.84. The summed E-state index contributed by atoms with van der Waals surface area (Å²) in [4.78, 5) is 29.7. The number of halogens is 1. The normalized spacial score (nSPS) is 12.6. The van der Waals surface area contributed by atoms with Crippen LogP contribution in [0.1, 0.15) is 42.5 Å². The smallest absolute Gasteiger partial charge is 0.264 e. The highest BCUT2D eigenvalue weighted by Gasteiger charge is 2.35. The molecule has 9 heteroatoms. The van der Waals surface area contributed by atoms with E-state index >= 15 is 4.39 Å². The minimum atomic E-state index is -4.22. The topological polar surface area (TPSA) is 86.8 Å². The molecule has 0 bridgehead atoms. The molecule has 0 saturated heterocycles. The number of rotatable bonds is 13. The Bertz CT molecular complexity index is 1720. The van der Waals surface area contributed by atoms with Crippen LogP contribution >= 0.6 is 0 Å². The predicted molar refractivity (Wildman–Crippen MR) is 176 cm³/mol. The van der Waals surface area contributed by atoms with E-state index in [1.165, 1.54) is 23.1 Å². The number of amides is 2. The first-order chi connectivity index (χ1) is 21.5. The fourth-order valence-electron chi connectivity index (χ4n) is 5.04. The minimum absolute atomic E-state index is 0.0229. The Morgan fingerprint density at radius 3 is 2.11 bits per heavy atom. The van der Waals surface area contributed by atoms with Gasteiger partial charge in [-0.2, -0.15) is 0 Å². The largest absolute Gasteiger partial charge is 0.352 e. The summed E-state index contributed by atoms with van der Waals surface area (Å²) in [6.45, 7) is 6.65. The SMILES string of the molecule is CC[C@H](C)NC(=O)[C@H](Cc1ccccc1)N(Cc1ccccc1F)C(=O)CN(c1cccc(C)c1C)S(=O)(=O)c1ccccc1. The van der Waals surface area contributed by atoms with E-state index in [2.05, 4.69) is 5.32 Å². The van der Waals surface area contributed by atoms with Gasteiger partial charge in [0.15, 0.2) is 0 Å². The molecule has 0 unspecified atom stereocenters. The molecule has 0 aliphatic carbocycles. The summed E-state index contributed by atoms with van der Waals surface area (Å²) >= 11 is 0. The first-order valence-electron chi connectivity index (χ1n) is 15.0. The standard InChI is InChI=1S/C36H40FN3O4S/c1-5-27(3)38-36(42)34(23-29-16-8-6-9-17-29)39(24-30-18-12-13-21-32(30)37)35(41)25-40(33-22-14-15-26(2)28(33)4)45(43,44)31-19-10-7-11-20-31/h6-22,27,34H,5,23-25H2,1-4H3,(H,38,42)/t27-,34-/m0/s1. The number of nitrogens with one attached hydrogen (secondary N) is 1. The van der Waals surface area contributed by atoms with Crippen LogP contribution < -0.4 is 9.62 Å². The van der Waals surface area contributed by atoms with Crippen LogP contribution in [-0.4, -0.2) is 43.8 Å². The number of aryl methyl sites for hydroxylation is 1. The molecule has 45 heavy (non-hydrogen) atoms. The molecule has 236 valence electrons. The van der Waals surface area contributed by atoms with E-state index in [1.54, 1.807) is 55.5 Å². The van der Waals surface area contributed by atoms with E-state index in [9.17, 15) is 18.0 Å². The van der Waals surface area contributed by atoms with Gasteiger partial charge in [-0.1, -0.05) is 85.8 Å². The van der Waals surface area contributed by atoms with Crippen LogP contribution in [0.2, 0.25) is 0 Å². The first-order valence-corrected chi connectivity index (χ1v) is 16.5. The molecule has 0 aliphatic rings. The van der Waals surface area contributed by atoms with Crippen molar-refractivity contribution in [3.63, 3.8) is 0 Å². The Kier molecular flexibility index (Phi) is 11.1. The third-order valence-electron chi connectivity index (χ3n) is 8.03. The number of hydrogen-bond donors (Lipinski definition) is 1. The molecule has 1 N–H and O–H groups in total. The maximum Gasteiger partial charge on any atom is 0.264 e. The molecule has 0 radical (unpaired) electrons. The minimum Gasteiger partial charge on any atom is -0.352 e. The number of nitrogens with zero attached hydrogens (tertiary/aromatic N) is 2. The predicted octanol–water partition coefficient (Wildman–Crippen LogP) is 6.19. The zero-order chi connectivity index (χ0) is 32.6. The van der Waals surface area contributed by atoms with Gasteiger partial charge in [0.25, 0.3) is 10.0 Å². The van der Waals surface area contributed by atoms with Gasteiger partial charge in [-0.05, 0) is 68.1 Å². The molecule has 2 amide bonds. The quantitative estimate of drug-likeness (QED) is 0.191. The Hall–Kier alpha value is -4.50. The van der Waals surface area contributed by atoms with Gasteiger partial charge in [0.1, 0.15) is 18.4 Å². The summed E-state index contributed by atoms with van der Waals surface area (Å²) in [7, 11) is -4.22. The molecule has 0 aromatic heterocycles. The lowest BCUT2D eigenvalue weighted by molar-refractivity contribution is -0.140. The highest BCUT2D eigenvalue weighted by atomic mass is 32.2. The molecule has 4 aromatic carbocycles. The monoisotopic (exact) mass is 629 g/mol. The first kappa shape index (κ1) is 33.4. The number of benzene rings is 4. The van der Waals surface area contributed by atoms with Gasteiger partial charge in [-0.25, -0.2) is 12.8 Å². The number of sulfonamides is 1. The molecule has 4 rings (SSSR count). The van der Waals surface area contributed by atoms with E-state index < -0.39 is 40.2 Å². The Morgan fingerprint density at radius 1 is 0.844 bits per heavy atom. The van der Waals surface area contributed by atoms with Gasteiger partial charge in [-0.3, -0.25) is 13.9 Å². The van der Waals surface area contributed by atoms with Crippen molar-refractivity contribution >= 4 is 27.5 Å². The van der Waals surface area contributed by atoms with E-state index in [0.717, 1.165) is 15.4 Å². The van der Waals surface area contributed by atoms with Gasteiger partial charge < -0.3 is 10.2 Å². The summed E-state index contributed by atoms with van der Waals surface area (Å²) in [5, 5.41) is 2.98. The molecule has 2 atom stereocenters. The maximum absolute atomic E-state index is 15.1. The summed E-state index contributed by atoms with van der Waals surface area (Å²) < 4.78 is 44.5. The van der Waals surface area contributed by atoms with Crippen LogP contribution in [0.15, 0.2) is 108 Å². The van der Waals surface area contributed by atoms with Gasteiger partial charge in [0, 0.05) is 24.6 Å². The van der Waals surface area contributed by atoms with E-state index in [4.69, 9.17) is 0 Å². The molecule has 7 nitrogen and oxygen atoms in total. The lowest BCUT2D eigenvalue weighted by Gasteiger charge is -2.34. The highest BCUT2D eigenvalue weighted by Crippen LogP contribution is 2.29. The second kappa shape index (κ2) is 15.0. The average molecular weight is 630 g/mol. The molecule has 0 heterocycles.